The van der Waals surface area contributed by atoms with Crippen molar-refractivity contribution in [3.05, 3.63) is 35.9 Å². The van der Waals surface area contributed by atoms with Gasteiger partial charge in [0.2, 0.25) is 0 Å². The molecule has 0 N–H and O–H groups in total. The van der Waals surface area contributed by atoms with Gasteiger partial charge in [-0.05, 0) is 38.7 Å². The van der Waals surface area contributed by atoms with Crippen LogP contribution in [0.1, 0.15) is 12.5 Å². The van der Waals surface area contributed by atoms with E-state index in [1.54, 1.807) is 0 Å². The van der Waals surface area contributed by atoms with E-state index in [-0.39, 0.29) is 0 Å². The summed E-state index contributed by atoms with van der Waals surface area (Å²) in [5.74, 6) is 0.935. The van der Waals surface area contributed by atoms with Crippen LogP contribution >= 0.6 is 0 Å². The third kappa shape index (κ3) is 4.66. The van der Waals surface area contributed by atoms with Crippen LogP contribution in [-0.4, -0.2) is 32.1 Å². The van der Waals surface area contributed by atoms with Crippen LogP contribution in [0.4, 0.5) is 0 Å². The molecule has 0 radical (unpaired) electrons. The Hall–Kier alpha value is -1.28. The summed E-state index contributed by atoms with van der Waals surface area (Å²) in [4.78, 5) is 2.11. The van der Waals surface area contributed by atoms with E-state index >= 15 is 0 Å². The number of benzene rings is 1. The number of rotatable bonds is 5. The molecule has 0 aliphatic heterocycles. The molecule has 0 unspecified atom stereocenters. The highest BCUT2D eigenvalue weighted by Crippen LogP contribution is 2.12. The van der Waals surface area contributed by atoms with Crippen molar-refractivity contribution < 1.29 is 4.74 Å². The fraction of sp³-hybridized carbons (Fsp3) is 0.385. The molecule has 82 valence electrons. The Morgan fingerprint density at radius 2 is 1.87 bits per heavy atom. The van der Waals surface area contributed by atoms with E-state index in [4.69, 9.17) is 4.74 Å². The quantitative estimate of drug-likeness (QED) is 0.732. The van der Waals surface area contributed by atoms with Crippen LogP contribution in [0.25, 0.3) is 6.08 Å². The molecule has 0 fully saturated rings. The van der Waals surface area contributed by atoms with E-state index in [9.17, 15) is 0 Å². The van der Waals surface area contributed by atoms with Gasteiger partial charge in [-0.1, -0.05) is 24.3 Å². The van der Waals surface area contributed by atoms with Crippen LogP contribution in [0.5, 0.6) is 5.75 Å². The highest BCUT2D eigenvalue weighted by atomic mass is 16.5. The molecule has 15 heavy (non-hydrogen) atoms. The molecule has 1 rings (SSSR count). The van der Waals surface area contributed by atoms with Crippen molar-refractivity contribution in [1.29, 1.82) is 0 Å². The molecule has 0 bridgehead atoms. The van der Waals surface area contributed by atoms with Crippen molar-refractivity contribution in [1.82, 2.24) is 4.90 Å². The predicted octanol–water partition coefficient (Wildman–Crippen LogP) is 2.66. The minimum absolute atomic E-state index is 0.732. The second kappa shape index (κ2) is 6.25. The molecule has 0 heterocycles. The summed E-state index contributed by atoms with van der Waals surface area (Å²) in [6.07, 6.45) is 4.10. The molecule has 2 nitrogen and oxygen atoms in total. The van der Waals surface area contributed by atoms with Crippen LogP contribution in [0.3, 0.4) is 0 Å². The largest absolute Gasteiger partial charge is 0.492 e. The molecule has 0 saturated heterocycles. The number of nitrogens with zero attached hydrogens (tertiary/aromatic N) is 1. The minimum Gasteiger partial charge on any atom is -0.492 e. The normalized spacial score (nSPS) is 11.2. The lowest BCUT2D eigenvalue weighted by Crippen LogP contribution is -2.19. The molecular formula is C13H19NO. The molecule has 0 aliphatic rings. The summed E-state index contributed by atoms with van der Waals surface area (Å²) in [5, 5.41) is 0. The Kier molecular flexibility index (Phi) is 4.91. The van der Waals surface area contributed by atoms with Gasteiger partial charge in [0.25, 0.3) is 0 Å². The number of hydrogen-bond donors (Lipinski definition) is 0. The Morgan fingerprint density at radius 3 is 2.40 bits per heavy atom. The maximum atomic E-state index is 5.58. The first kappa shape index (κ1) is 11.8. The lowest BCUT2D eigenvalue weighted by atomic mass is 10.2. The Morgan fingerprint density at radius 1 is 1.20 bits per heavy atom. The molecule has 0 saturated carbocycles. The van der Waals surface area contributed by atoms with E-state index in [1.807, 2.05) is 39.2 Å². The predicted molar refractivity (Wildman–Crippen MR) is 65.2 cm³/mol. The Balaban J connectivity index is 2.42. The zero-order valence-electron chi connectivity index (χ0n) is 9.73. The van der Waals surface area contributed by atoms with Gasteiger partial charge >= 0.3 is 0 Å². The van der Waals surface area contributed by atoms with Crippen molar-refractivity contribution in [2.45, 2.75) is 6.92 Å². The van der Waals surface area contributed by atoms with Crippen LogP contribution < -0.4 is 4.74 Å². The minimum atomic E-state index is 0.732. The number of likely N-dealkylation sites (N-methyl/N-ethyl adjacent to an activating group) is 1. The lowest BCUT2D eigenvalue weighted by Gasteiger charge is -2.10. The van der Waals surface area contributed by atoms with Crippen LogP contribution in [-0.2, 0) is 0 Å². The van der Waals surface area contributed by atoms with Gasteiger partial charge in [-0.25, -0.2) is 0 Å². The van der Waals surface area contributed by atoms with Crippen molar-refractivity contribution >= 4 is 6.08 Å². The zero-order valence-corrected chi connectivity index (χ0v) is 9.73. The molecule has 2 heteroatoms. The maximum Gasteiger partial charge on any atom is 0.119 e. The van der Waals surface area contributed by atoms with Crippen LogP contribution in [0.15, 0.2) is 30.3 Å². The third-order valence-corrected chi connectivity index (χ3v) is 2.05. The number of allylic oxidation sites excluding steroid dienone is 1. The molecule has 0 atom stereocenters. The van der Waals surface area contributed by atoms with E-state index in [0.29, 0.717) is 0 Å². The molecule has 0 amide bonds. The average Bonchev–Trinajstić information content (AvgIpc) is 2.20. The summed E-state index contributed by atoms with van der Waals surface area (Å²) in [7, 11) is 4.08. The van der Waals surface area contributed by atoms with Crippen molar-refractivity contribution in [2.75, 3.05) is 27.2 Å². The van der Waals surface area contributed by atoms with Gasteiger partial charge in [0.15, 0.2) is 0 Å². The first-order valence-electron chi connectivity index (χ1n) is 5.22. The molecular weight excluding hydrogens is 186 g/mol. The summed E-state index contributed by atoms with van der Waals surface area (Å²) in [6.45, 7) is 3.69. The lowest BCUT2D eigenvalue weighted by molar-refractivity contribution is 0.261. The molecule has 1 aromatic carbocycles. The molecule has 1 aromatic rings. The topological polar surface area (TPSA) is 12.5 Å². The van der Waals surface area contributed by atoms with Crippen LogP contribution in [0, 0.1) is 0 Å². The number of hydrogen-bond acceptors (Lipinski definition) is 2. The molecule has 0 aliphatic carbocycles. The summed E-state index contributed by atoms with van der Waals surface area (Å²) >= 11 is 0. The van der Waals surface area contributed by atoms with E-state index in [0.717, 1.165) is 18.9 Å². The fourth-order valence-electron chi connectivity index (χ4n) is 1.21. The van der Waals surface area contributed by atoms with Gasteiger partial charge in [-0.15, -0.1) is 0 Å². The summed E-state index contributed by atoms with van der Waals surface area (Å²) in [6, 6.07) is 8.13. The summed E-state index contributed by atoms with van der Waals surface area (Å²) < 4.78 is 5.58. The fourth-order valence-corrected chi connectivity index (χ4v) is 1.21. The van der Waals surface area contributed by atoms with Crippen molar-refractivity contribution in [3.8, 4) is 5.75 Å². The molecule has 0 aromatic heterocycles. The monoisotopic (exact) mass is 205 g/mol. The highest BCUT2D eigenvalue weighted by molar-refractivity contribution is 5.50. The number of ether oxygens (including phenoxy) is 1. The SMILES string of the molecule is CC=Cc1ccc(OCCN(C)C)cc1. The van der Waals surface area contributed by atoms with E-state index in [1.165, 1.54) is 5.56 Å². The standard InChI is InChI=1S/C13H19NO/c1-4-5-12-6-8-13(9-7-12)15-11-10-14(2)3/h4-9H,10-11H2,1-3H3. The smallest absolute Gasteiger partial charge is 0.119 e. The summed E-state index contributed by atoms with van der Waals surface area (Å²) in [5.41, 5.74) is 1.21. The second-order valence-corrected chi connectivity index (χ2v) is 3.72. The second-order valence-electron chi connectivity index (χ2n) is 3.72. The average molecular weight is 205 g/mol. The Bertz CT molecular complexity index is 301. The third-order valence-electron chi connectivity index (χ3n) is 2.05. The van der Waals surface area contributed by atoms with Gasteiger partial charge in [-0.3, -0.25) is 0 Å². The van der Waals surface area contributed by atoms with E-state index in [2.05, 4.69) is 23.1 Å². The van der Waals surface area contributed by atoms with Gasteiger partial charge < -0.3 is 9.64 Å². The van der Waals surface area contributed by atoms with Crippen LogP contribution in [0.2, 0.25) is 0 Å². The van der Waals surface area contributed by atoms with Gasteiger partial charge in [-0.2, -0.15) is 0 Å². The zero-order chi connectivity index (χ0) is 11.1. The Labute approximate surface area is 92.2 Å². The maximum absolute atomic E-state index is 5.58. The van der Waals surface area contributed by atoms with Gasteiger partial charge in [0, 0.05) is 6.54 Å². The highest BCUT2D eigenvalue weighted by Gasteiger charge is 1.94. The van der Waals surface area contributed by atoms with Gasteiger partial charge in [0.05, 0.1) is 0 Å². The molecule has 0 spiro atoms. The first-order valence-corrected chi connectivity index (χ1v) is 5.22. The van der Waals surface area contributed by atoms with Crippen molar-refractivity contribution in [3.63, 3.8) is 0 Å². The van der Waals surface area contributed by atoms with Crippen molar-refractivity contribution in [2.24, 2.45) is 0 Å². The first-order chi connectivity index (χ1) is 7.22. The van der Waals surface area contributed by atoms with Gasteiger partial charge in [0.1, 0.15) is 12.4 Å². The van der Waals surface area contributed by atoms with E-state index < -0.39 is 0 Å².